The van der Waals surface area contributed by atoms with E-state index in [0.717, 1.165) is 25.7 Å². The van der Waals surface area contributed by atoms with Crippen molar-refractivity contribution in [2.24, 2.45) is 11.8 Å². The van der Waals surface area contributed by atoms with Gasteiger partial charge in [0.05, 0.1) is 0 Å². The topological polar surface area (TPSA) is 85.2 Å². The number of rotatable bonds is 3. The van der Waals surface area contributed by atoms with Crippen LogP contribution in [-0.4, -0.2) is 15.3 Å². The molecule has 0 aromatic carbocycles. The molecule has 76 valence electrons. The quantitative estimate of drug-likeness (QED) is 0.740. The van der Waals surface area contributed by atoms with Crippen LogP contribution in [0.2, 0.25) is 0 Å². The largest absolute Gasteiger partial charge is 0.405 e. The summed E-state index contributed by atoms with van der Waals surface area (Å²) in [5.74, 6) is 0.921. The van der Waals surface area contributed by atoms with Gasteiger partial charge in [0.25, 0.3) is 5.89 Å². The maximum absolute atomic E-state index is 10.5. The highest BCUT2D eigenvalue weighted by molar-refractivity contribution is 5.15. The van der Waals surface area contributed by atoms with Gasteiger partial charge in [-0.05, 0) is 37.5 Å². The Morgan fingerprint density at radius 3 is 2.14 bits per heavy atom. The van der Waals surface area contributed by atoms with Gasteiger partial charge in [0.1, 0.15) is 5.60 Å². The monoisotopic (exact) mass is 195 g/mol. The highest BCUT2D eigenvalue weighted by Gasteiger charge is 2.57. The predicted molar refractivity (Wildman–Crippen MR) is 48.1 cm³/mol. The van der Waals surface area contributed by atoms with Crippen molar-refractivity contribution in [2.75, 3.05) is 5.73 Å². The van der Waals surface area contributed by atoms with Crippen LogP contribution in [0.3, 0.4) is 0 Å². The number of anilines is 1. The molecular weight excluding hydrogens is 182 g/mol. The Morgan fingerprint density at radius 1 is 1.21 bits per heavy atom. The van der Waals surface area contributed by atoms with Crippen LogP contribution in [0.5, 0.6) is 0 Å². The second kappa shape index (κ2) is 2.48. The highest BCUT2D eigenvalue weighted by Crippen LogP contribution is 2.56. The van der Waals surface area contributed by atoms with E-state index >= 15 is 0 Å². The van der Waals surface area contributed by atoms with Gasteiger partial charge in [-0.25, -0.2) is 0 Å². The average Bonchev–Trinajstić information content (AvgIpc) is 3.01. The molecule has 2 aliphatic carbocycles. The number of aromatic nitrogens is 2. The van der Waals surface area contributed by atoms with E-state index in [1.54, 1.807) is 0 Å². The van der Waals surface area contributed by atoms with Gasteiger partial charge >= 0.3 is 6.01 Å². The minimum Gasteiger partial charge on any atom is -0.405 e. The number of aliphatic hydroxyl groups is 1. The Morgan fingerprint density at radius 2 is 1.79 bits per heavy atom. The Balaban J connectivity index is 1.98. The standard InChI is InChI=1S/C9H13N3O2/c10-8-12-11-7(14-8)9(13,5-1-2-5)6-3-4-6/h5-6,13H,1-4H2,(H2,10,12). The first-order chi connectivity index (χ1) is 6.71. The SMILES string of the molecule is Nc1nnc(C(O)(C2CC2)C2CC2)o1. The fourth-order valence-electron chi connectivity index (χ4n) is 2.13. The normalized spacial score (nSPS) is 22.6. The lowest BCUT2D eigenvalue weighted by Crippen LogP contribution is -2.31. The molecule has 3 N–H and O–H groups in total. The van der Waals surface area contributed by atoms with Crippen LogP contribution in [-0.2, 0) is 5.60 Å². The summed E-state index contributed by atoms with van der Waals surface area (Å²) in [5.41, 5.74) is 4.48. The molecule has 1 aromatic rings. The Kier molecular flexibility index (Phi) is 1.45. The van der Waals surface area contributed by atoms with Crippen LogP contribution in [0.1, 0.15) is 31.6 Å². The van der Waals surface area contributed by atoms with Gasteiger partial charge in [-0.1, -0.05) is 5.10 Å². The van der Waals surface area contributed by atoms with Crippen LogP contribution in [0.4, 0.5) is 6.01 Å². The van der Waals surface area contributed by atoms with Gasteiger partial charge in [-0.3, -0.25) is 0 Å². The van der Waals surface area contributed by atoms with E-state index in [-0.39, 0.29) is 6.01 Å². The van der Waals surface area contributed by atoms with Gasteiger partial charge in [0, 0.05) is 0 Å². The predicted octanol–water partition coefficient (Wildman–Crippen LogP) is 0.659. The van der Waals surface area contributed by atoms with Crippen LogP contribution in [0, 0.1) is 11.8 Å². The summed E-state index contributed by atoms with van der Waals surface area (Å²) in [5, 5.41) is 17.9. The summed E-state index contributed by atoms with van der Waals surface area (Å²) >= 11 is 0. The van der Waals surface area contributed by atoms with E-state index in [0.29, 0.717) is 17.7 Å². The third-order valence-corrected chi connectivity index (χ3v) is 3.18. The Hall–Kier alpha value is -1.10. The van der Waals surface area contributed by atoms with Crippen molar-refractivity contribution in [3.05, 3.63) is 5.89 Å². The van der Waals surface area contributed by atoms with Crippen LogP contribution in [0.15, 0.2) is 4.42 Å². The zero-order valence-electron chi connectivity index (χ0n) is 7.81. The minimum absolute atomic E-state index is 0.0414. The molecule has 1 heterocycles. The molecule has 0 atom stereocenters. The lowest BCUT2D eigenvalue weighted by atomic mass is 9.92. The highest BCUT2D eigenvalue weighted by atomic mass is 16.4. The number of nitrogens with two attached hydrogens (primary N) is 1. The van der Waals surface area contributed by atoms with Crippen molar-refractivity contribution < 1.29 is 9.52 Å². The molecule has 0 bridgehead atoms. The molecule has 0 radical (unpaired) electrons. The third kappa shape index (κ3) is 1.05. The van der Waals surface area contributed by atoms with Crippen molar-refractivity contribution in [2.45, 2.75) is 31.3 Å². The summed E-state index contributed by atoms with van der Waals surface area (Å²) in [6, 6.07) is 0.0414. The van der Waals surface area contributed by atoms with E-state index in [2.05, 4.69) is 10.2 Å². The molecule has 1 aromatic heterocycles. The lowest BCUT2D eigenvalue weighted by molar-refractivity contribution is -0.0343. The van der Waals surface area contributed by atoms with Gasteiger partial charge in [0.2, 0.25) is 0 Å². The Bertz CT molecular complexity index is 343. The summed E-state index contributed by atoms with van der Waals surface area (Å²) in [6.07, 6.45) is 4.20. The molecule has 0 saturated heterocycles. The van der Waals surface area contributed by atoms with E-state index in [1.165, 1.54) is 0 Å². The Labute approximate surface area is 81.3 Å². The van der Waals surface area contributed by atoms with Gasteiger partial charge in [0.15, 0.2) is 0 Å². The van der Waals surface area contributed by atoms with Crippen molar-refractivity contribution in [1.29, 1.82) is 0 Å². The van der Waals surface area contributed by atoms with Crippen molar-refractivity contribution in [3.63, 3.8) is 0 Å². The van der Waals surface area contributed by atoms with Crippen molar-refractivity contribution >= 4 is 6.01 Å². The average molecular weight is 195 g/mol. The molecule has 2 saturated carbocycles. The third-order valence-electron chi connectivity index (χ3n) is 3.18. The first-order valence-electron chi connectivity index (χ1n) is 5.03. The molecule has 2 aliphatic rings. The summed E-state index contributed by atoms with van der Waals surface area (Å²) in [4.78, 5) is 0. The first kappa shape index (κ1) is 8.23. The fourth-order valence-corrected chi connectivity index (χ4v) is 2.13. The molecule has 0 amide bonds. The molecular formula is C9H13N3O2. The molecule has 5 heteroatoms. The zero-order chi connectivity index (χ0) is 9.76. The molecule has 0 aliphatic heterocycles. The molecule has 0 spiro atoms. The smallest absolute Gasteiger partial charge is 0.312 e. The zero-order valence-corrected chi connectivity index (χ0v) is 7.81. The fraction of sp³-hybridized carbons (Fsp3) is 0.778. The maximum Gasteiger partial charge on any atom is 0.312 e. The van der Waals surface area contributed by atoms with Crippen LogP contribution in [0.25, 0.3) is 0 Å². The molecule has 3 rings (SSSR count). The molecule has 0 unspecified atom stereocenters. The maximum atomic E-state index is 10.5. The molecule has 5 nitrogen and oxygen atoms in total. The van der Waals surface area contributed by atoms with E-state index in [1.807, 2.05) is 0 Å². The molecule has 2 fully saturated rings. The summed E-state index contributed by atoms with van der Waals surface area (Å²) in [6.45, 7) is 0. The summed E-state index contributed by atoms with van der Waals surface area (Å²) < 4.78 is 5.16. The van der Waals surface area contributed by atoms with E-state index in [4.69, 9.17) is 10.2 Å². The van der Waals surface area contributed by atoms with Crippen molar-refractivity contribution in [3.8, 4) is 0 Å². The van der Waals surface area contributed by atoms with E-state index in [9.17, 15) is 5.11 Å². The number of nitrogens with zero attached hydrogens (tertiary/aromatic N) is 2. The number of nitrogen functional groups attached to an aromatic ring is 1. The van der Waals surface area contributed by atoms with Gasteiger partial charge < -0.3 is 15.3 Å². The van der Waals surface area contributed by atoms with Gasteiger partial charge in [-0.2, -0.15) is 0 Å². The first-order valence-corrected chi connectivity index (χ1v) is 5.03. The molecule has 14 heavy (non-hydrogen) atoms. The number of hydrogen-bond donors (Lipinski definition) is 2. The summed E-state index contributed by atoms with van der Waals surface area (Å²) in [7, 11) is 0. The number of hydrogen-bond acceptors (Lipinski definition) is 5. The lowest BCUT2D eigenvalue weighted by Gasteiger charge is -2.23. The van der Waals surface area contributed by atoms with Gasteiger partial charge in [-0.15, -0.1) is 5.10 Å². The second-order valence-electron chi connectivity index (χ2n) is 4.32. The van der Waals surface area contributed by atoms with E-state index < -0.39 is 5.60 Å². The van der Waals surface area contributed by atoms with Crippen LogP contribution >= 0.6 is 0 Å². The minimum atomic E-state index is -0.884. The second-order valence-corrected chi connectivity index (χ2v) is 4.32. The van der Waals surface area contributed by atoms with Crippen molar-refractivity contribution in [1.82, 2.24) is 10.2 Å². The van der Waals surface area contributed by atoms with Crippen LogP contribution < -0.4 is 5.73 Å².